The molecule has 1 radical (unpaired) electrons. The van der Waals surface area contributed by atoms with Crippen LogP contribution in [0.25, 0.3) is 0 Å². The second kappa shape index (κ2) is 4.63. The third-order valence-corrected chi connectivity index (χ3v) is 3.30. The molecule has 0 heterocycles. The van der Waals surface area contributed by atoms with Crippen LogP contribution < -0.4 is 0 Å². The molecule has 2 rings (SSSR count). The topological polar surface area (TPSA) is 0 Å². The summed E-state index contributed by atoms with van der Waals surface area (Å²) in [5, 5.41) is 0. The number of aryl methyl sites for hydroxylation is 1. The largest absolute Gasteiger partial charge is 0.0613 e. The summed E-state index contributed by atoms with van der Waals surface area (Å²) in [5.41, 5.74) is 3.01. The standard InChI is InChI=1S/C14H19/c1-2-12-8-10-14(11-9-12)13-6-4-3-5-7-13/h3,8-11,13H,2,4-7H2,1H3. The van der Waals surface area contributed by atoms with Gasteiger partial charge in [-0.05, 0) is 55.6 Å². The van der Waals surface area contributed by atoms with Crippen molar-refractivity contribution in [2.24, 2.45) is 0 Å². The fourth-order valence-electron chi connectivity index (χ4n) is 2.29. The maximum atomic E-state index is 2.43. The first-order valence-electron chi connectivity index (χ1n) is 5.80. The minimum atomic E-state index is 0.825. The monoisotopic (exact) mass is 187 g/mol. The first-order valence-corrected chi connectivity index (χ1v) is 5.80. The van der Waals surface area contributed by atoms with Crippen molar-refractivity contribution in [3.63, 3.8) is 0 Å². The van der Waals surface area contributed by atoms with E-state index in [9.17, 15) is 0 Å². The maximum absolute atomic E-state index is 2.43. The lowest BCUT2D eigenvalue weighted by Crippen LogP contribution is -2.04. The number of hydrogen-bond acceptors (Lipinski definition) is 0. The smallest absolute Gasteiger partial charge is 0.0162 e. The summed E-state index contributed by atoms with van der Waals surface area (Å²) in [7, 11) is 0. The maximum Gasteiger partial charge on any atom is -0.0162 e. The predicted octanol–water partition coefficient (Wildman–Crippen LogP) is 4.11. The number of hydrogen-bond donors (Lipinski definition) is 0. The van der Waals surface area contributed by atoms with Gasteiger partial charge in [-0.2, -0.15) is 0 Å². The van der Waals surface area contributed by atoms with Crippen LogP contribution in [0.5, 0.6) is 0 Å². The minimum Gasteiger partial charge on any atom is -0.0613 e. The molecule has 1 aromatic carbocycles. The van der Waals surface area contributed by atoms with E-state index in [1.165, 1.54) is 31.2 Å². The molecule has 0 nitrogen and oxygen atoms in total. The first-order chi connectivity index (χ1) is 6.90. The van der Waals surface area contributed by atoms with Crippen molar-refractivity contribution in [1.82, 2.24) is 0 Å². The highest BCUT2D eigenvalue weighted by molar-refractivity contribution is 5.25. The molecular weight excluding hydrogens is 168 g/mol. The third-order valence-electron chi connectivity index (χ3n) is 3.30. The number of benzene rings is 1. The van der Waals surface area contributed by atoms with E-state index in [1.807, 2.05) is 0 Å². The van der Waals surface area contributed by atoms with Gasteiger partial charge in [-0.25, -0.2) is 0 Å². The van der Waals surface area contributed by atoms with Gasteiger partial charge in [0.15, 0.2) is 0 Å². The lowest BCUT2D eigenvalue weighted by atomic mass is 9.84. The average Bonchev–Trinajstić information content (AvgIpc) is 2.30. The molecule has 14 heavy (non-hydrogen) atoms. The SMILES string of the molecule is CCc1ccc(C2CC[CH]CC2)cc1. The molecule has 1 aliphatic rings. The molecule has 0 bridgehead atoms. The van der Waals surface area contributed by atoms with E-state index in [0.29, 0.717) is 0 Å². The molecule has 0 aliphatic heterocycles. The van der Waals surface area contributed by atoms with E-state index in [-0.39, 0.29) is 0 Å². The normalized spacial score (nSPS) is 18.4. The lowest BCUT2D eigenvalue weighted by molar-refractivity contribution is 0.512. The van der Waals surface area contributed by atoms with Gasteiger partial charge in [0.1, 0.15) is 0 Å². The van der Waals surface area contributed by atoms with Crippen LogP contribution in [0, 0.1) is 6.42 Å². The van der Waals surface area contributed by atoms with Gasteiger partial charge < -0.3 is 0 Å². The second-order valence-electron chi connectivity index (χ2n) is 4.24. The summed E-state index contributed by atoms with van der Waals surface area (Å²) in [6, 6.07) is 9.23. The van der Waals surface area contributed by atoms with Gasteiger partial charge in [-0.1, -0.05) is 31.2 Å². The molecule has 0 heteroatoms. The highest BCUT2D eigenvalue weighted by Gasteiger charge is 2.14. The van der Waals surface area contributed by atoms with Crippen LogP contribution in [-0.2, 0) is 6.42 Å². The Hall–Kier alpha value is -0.780. The molecule has 1 saturated carbocycles. The molecule has 0 N–H and O–H groups in total. The zero-order valence-corrected chi connectivity index (χ0v) is 9.00. The molecule has 0 aromatic heterocycles. The Morgan fingerprint density at radius 3 is 2.29 bits per heavy atom. The Bertz CT molecular complexity index is 265. The van der Waals surface area contributed by atoms with Crippen LogP contribution in [-0.4, -0.2) is 0 Å². The Balaban J connectivity index is 2.07. The molecule has 1 fully saturated rings. The van der Waals surface area contributed by atoms with Crippen LogP contribution in [0.2, 0.25) is 0 Å². The third kappa shape index (κ3) is 2.17. The van der Waals surface area contributed by atoms with E-state index < -0.39 is 0 Å². The van der Waals surface area contributed by atoms with Gasteiger partial charge in [0.25, 0.3) is 0 Å². The minimum absolute atomic E-state index is 0.825. The van der Waals surface area contributed by atoms with Gasteiger partial charge in [0, 0.05) is 0 Å². The molecule has 75 valence electrons. The van der Waals surface area contributed by atoms with Crippen molar-refractivity contribution < 1.29 is 0 Å². The van der Waals surface area contributed by atoms with E-state index in [2.05, 4.69) is 37.6 Å². The Labute approximate surface area is 87.3 Å². The average molecular weight is 187 g/mol. The van der Waals surface area contributed by atoms with Crippen LogP contribution in [0.15, 0.2) is 24.3 Å². The predicted molar refractivity (Wildman–Crippen MR) is 61.3 cm³/mol. The Kier molecular flexibility index (Phi) is 3.23. The van der Waals surface area contributed by atoms with E-state index >= 15 is 0 Å². The molecule has 0 atom stereocenters. The second-order valence-corrected chi connectivity index (χ2v) is 4.24. The summed E-state index contributed by atoms with van der Waals surface area (Å²) in [4.78, 5) is 0. The van der Waals surface area contributed by atoms with Gasteiger partial charge in [0.05, 0.1) is 0 Å². The molecule has 0 saturated heterocycles. The fraction of sp³-hybridized carbons (Fsp3) is 0.500. The van der Waals surface area contributed by atoms with Crippen LogP contribution in [0.4, 0.5) is 0 Å². The summed E-state index contributed by atoms with van der Waals surface area (Å²) in [6.45, 7) is 2.21. The van der Waals surface area contributed by atoms with Crippen molar-refractivity contribution in [2.75, 3.05) is 0 Å². The highest BCUT2D eigenvalue weighted by atomic mass is 14.2. The zero-order valence-electron chi connectivity index (χ0n) is 9.00. The van der Waals surface area contributed by atoms with Crippen molar-refractivity contribution in [2.45, 2.75) is 44.9 Å². The fourth-order valence-corrected chi connectivity index (χ4v) is 2.29. The summed E-state index contributed by atoms with van der Waals surface area (Å²) < 4.78 is 0. The van der Waals surface area contributed by atoms with Crippen LogP contribution >= 0.6 is 0 Å². The Morgan fingerprint density at radius 1 is 1.07 bits per heavy atom. The van der Waals surface area contributed by atoms with Gasteiger partial charge in [-0.15, -0.1) is 0 Å². The van der Waals surface area contributed by atoms with E-state index in [4.69, 9.17) is 0 Å². The first kappa shape index (κ1) is 9.76. The molecular formula is C14H19. The summed E-state index contributed by atoms with van der Waals surface area (Å²) in [5.74, 6) is 0.825. The summed E-state index contributed by atoms with van der Waals surface area (Å²) >= 11 is 0. The van der Waals surface area contributed by atoms with E-state index in [1.54, 1.807) is 5.56 Å². The van der Waals surface area contributed by atoms with Gasteiger partial charge in [0.2, 0.25) is 0 Å². The molecule has 0 amide bonds. The van der Waals surface area contributed by atoms with Crippen molar-refractivity contribution >= 4 is 0 Å². The lowest BCUT2D eigenvalue weighted by Gasteiger charge is -2.21. The molecule has 0 spiro atoms. The number of rotatable bonds is 2. The van der Waals surface area contributed by atoms with Crippen molar-refractivity contribution in [3.8, 4) is 0 Å². The molecule has 1 aliphatic carbocycles. The zero-order chi connectivity index (χ0) is 9.80. The van der Waals surface area contributed by atoms with Crippen LogP contribution in [0.1, 0.15) is 49.7 Å². The van der Waals surface area contributed by atoms with E-state index in [0.717, 1.165) is 12.3 Å². The molecule has 0 unspecified atom stereocenters. The van der Waals surface area contributed by atoms with Crippen molar-refractivity contribution in [3.05, 3.63) is 41.8 Å². The quantitative estimate of drug-likeness (QED) is 0.653. The van der Waals surface area contributed by atoms with Crippen LogP contribution in [0.3, 0.4) is 0 Å². The summed E-state index contributed by atoms with van der Waals surface area (Å²) in [6.07, 6.45) is 8.90. The van der Waals surface area contributed by atoms with Gasteiger partial charge in [-0.3, -0.25) is 0 Å². The van der Waals surface area contributed by atoms with Gasteiger partial charge >= 0.3 is 0 Å². The highest BCUT2D eigenvalue weighted by Crippen LogP contribution is 2.32. The van der Waals surface area contributed by atoms with Crippen molar-refractivity contribution in [1.29, 1.82) is 0 Å². The Morgan fingerprint density at radius 2 is 1.71 bits per heavy atom. The molecule has 1 aromatic rings.